The number of rotatable bonds is 9. The van der Waals surface area contributed by atoms with Crippen LogP contribution in [0.4, 0.5) is 0 Å². The molecule has 0 aliphatic rings. The first-order chi connectivity index (χ1) is 9.49. The number of sulfonamides is 1. The summed E-state index contributed by atoms with van der Waals surface area (Å²) in [6.07, 6.45) is 2.82. The van der Waals surface area contributed by atoms with Gasteiger partial charge in [0, 0.05) is 6.04 Å². The monoisotopic (exact) mass is 298 g/mol. The van der Waals surface area contributed by atoms with Crippen LogP contribution in [0.25, 0.3) is 0 Å². The van der Waals surface area contributed by atoms with Crippen molar-refractivity contribution in [2.24, 2.45) is 0 Å². The fourth-order valence-electron chi connectivity index (χ4n) is 1.79. The van der Waals surface area contributed by atoms with E-state index in [4.69, 9.17) is 0 Å². The predicted molar refractivity (Wildman–Crippen MR) is 83.4 cm³/mol. The highest BCUT2D eigenvalue weighted by atomic mass is 32.2. The quantitative estimate of drug-likeness (QED) is 0.688. The molecule has 20 heavy (non-hydrogen) atoms. The van der Waals surface area contributed by atoms with E-state index in [0.29, 0.717) is 4.90 Å². The van der Waals surface area contributed by atoms with E-state index in [0.717, 1.165) is 37.9 Å². The molecule has 0 heterocycles. The SMILES string of the molecule is CCCNCCc1ccc(S(=O)(=O)NC(C)CC)cc1. The van der Waals surface area contributed by atoms with Gasteiger partial charge < -0.3 is 5.32 Å². The first-order valence-corrected chi connectivity index (χ1v) is 8.80. The van der Waals surface area contributed by atoms with Gasteiger partial charge in [-0.05, 0) is 57.0 Å². The molecule has 0 aliphatic carbocycles. The number of hydrogen-bond donors (Lipinski definition) is 2. The molecule has 0 fully saturated rings. The maximum Gasteiger partial charge on any atom is 0.240 e. The smallest absolute Gasteiger partial charge is 0.240 e. The lowest BCUT2D eigenvalue weighted by Gasteiger charge is -2.12. The first-order valence-electron chi connectivity index (χ1n) is 7.31. The van der Waals surface area contributed by atoms with Crippen molar-refractivity contribution in [3.63, 3.8) is 0 Å². The van der Waals surface area contributed by atoms with Crippen molar-refractivity contribution < 1.29 is 8.42 Å². The fraction of sp³-hybridized carbons (Fsp3) is 0.600. The molecular weight excluding hydrogens is 272 g/mol. The summed E-state index contributed by atoms with van der Waals surface area (Å²) in [5.74, 6) is 0. The second-order valence-electron chi connectivity index (χ2n) is 5.07. The highest BCUT2D eigenvalue weighted by Crippen LogP contribution is 2.12. The fourth-order valence-corrected chi connectivity index (χ4v) is 3.11. The molecule has 2 N–H and O–H groups in total. The lowest BCUT2D eigenvalue weighted by Crippen LogP contribution is -2.31. The van der Waals surface area contributed by atoms with E-state index in [2.05, 4.69) is 17.0 Å². The van der Waals surface area contributed by atoms with E-state index in [1.54, 1.807) is 12.1 Å². The molecule has 0 radical (unpaired) electrons. The minimum absolute atomic E-state index is 0.0436. The molecule has 1 aromatic carbocycles. The van der Waals surface area contributed by atoms with Crippen LogP contribution >= 0.6 is 0 Å². The van der Waals surface area contributed by atoms with Crippen molar-refractivity contribution >= 4 is 10.0 Å². The first kappa shape index (κ1) is 17.1. The van der Waals surface area contributed by atoms with Crippen LogP contribution in [0.5, 0.6) is 0 Å². The molecule has 1 aromatic rings. The third-order valence-corrected chi connectivity index (χ3v) is 4.83. The number of hydrogen-bond acceptors (Lipinski definition) is 3. The van der Waals surface area contributed by atoms with Crippen molar-refractivity contribution in [3.8, 4) is 0 Å². The lowest BCUT2D eigenvalue weighted by atomic mass is 10.1. The maximum absolute atomic E-state index is 12.1. The molecule has 0 spiro atoms. The highest BCUT2D eigenvalue weighted by Gasteiger charge is 2.15. The van der Waals surface area contributed by atoms with Crippen LogP contribution < -0.4 is 10.0 Å². The summed E-state index contributed by atoms with van der Waals surface area (Å²) in [7, 11) is -3.38. The minimum Gasteiger partial charge on any atom is -0.316 e. The molecular formula is C15H26N2O2S. The van der Waals surface area contributed by atoms with Crippen molar-refractivity contribution in [2.75, 3.05) is 13.1 Å². The van der Waals surface area contributed by atoms with Gasteiger partial charge in [0.05, 0.1) is 4.90 Å². The standard InChI is InChI=1S/C15H26N2O2S/c1-4-11-16-12-10-14-6-8-15(9-7-14)20(18,19)17-13(3)5-2/h6-9,13,16-17H,4-5,10-12H2,1-3H3. The van der Waals surface area contributed by atoms with Crippen molar-refractivity contribution in [2.45, 2.75) is 51.0 Å². The Hall–Kier alpha value is -0.910. The Morgan fingerprint density at radius 1 is 1.10 bits per heavy atom. The zero-order valence-electron chi connectivity index (χ0n) is 12.6. The summed E-state index contributed by atoms with van der Waals surface area (Å²) in [5.41, 5.74) is 1.15. The van der Waals surface area contributed by atoms with E-state index in [-0.39, 0.29) is 6.04 Å². The average molecular weight is 298 g/mol. The molecule has 1 atom stereocenters. The summed E-state index contributed by atoms with van der Waals surface area (Å²) in [5, 5.41) is 3.33. The Bertz CT molecular complexity index is 483. The Kier molecular flexibility index (Phi) is 7.19. The van der Waals surface area contributed by atoms with Crippen molar-refractivity contribution in [3.05, 3.63) is 29.8 Å². The van der Waals surface area contributed by atoms with Crippen LogP contribution in [-0.4, -0.2) is 27.5 Å². The number of benzene rings is 1. The Labute approximate surface area is 123 Å². The van der Waals surface area contributed by atoms with E-state index >= 15 is 0 Å². The molecule has 4 nitrogen and oxygen atoms in total. The molecule has 0 bridgehead atoms. The van der Waals surface area contributed by atoms with Gasteiger partial charge in [-0.15, -0.1) is 0 Å². The van der Waals surface area contributed by atoms with E-state index in [9.17, 15) is 8.42 Å². The summed E-state index contributed by atoms with van der Waals surface area (Å²) < 4.78 is 26.8. The van der Waals surface area contributed by atoms with Gasteiger partial charge in [-0.1, -0.05) is 26.0 Å². The van der Waals surface area contributed by atoms with Crippen LogP contribution in [0, 0.1) is 0 Å². The van der Waals surface area contributed by atoms with E-state index in [1.807, 2.05) is 26.0 Å². The lowest BCUT2D eigenvalue weighted by molar-refractivity contribution is 0.556. The zero-order chi connectivity index (χ0) is 15.0. The second-order valence-corrected chi connectivity index (χ2v) is 6.79. The molecule has 0 saturated heterocycles. The largest absolute Gasteiger partial charge is 0.316 e. The summed E-state index contributed by atoms with van der Waals surface area (Å²) in [4.78, 5) is 0.336. The molecule has 0 aliphatic heterocycles. The normalized spacial score (nSPS) is 13.3. The van der Waals surface area contributed by atoms with Gasteiger partial charge in [-0.25, -0.2) is 13.1 Å². The Morgan fingerprint density at radius 2 is 1.75 bits per heavy atom. The summed E-state index contributed by atoms with van der Waals surface area (Å²) >= 11 is 0. The van der Waals surface area contributed by atoms with Crippen LogP contribution in [0.2, 0.25) is 0 Å². The molecule has 0 saturated carbocycles. The molecule has 0 aromatic heterocycles. The second kappa shape index (κ2) is 8.39. The van der Waals surface area contributed by atoms with Gasteiger partial charge >= 0.3 is 0 Å². The van der Waals surface area contributed by atoms with Crippen LogP contribution in [0.3, 0.4) is 0 Å². The molecule has 0 amide bonds. The van der Waals surface area contributed by atoms with Gasteiger partial charge in [0.1, 0.15) is 0 Å². The molecule has 1 unspecified atom stereocenters. The molecule has 1 rings (SSSR count). The Morgan fingerprint density at radius 3 is 2.30 bits per heavy atom. The summed E-state index contributed by atoms with van der Waals surface area (Å²) in [6, 6.07) is 7.09. The highest BCUT2D eigenvalue weighted by molar-refractivity contribution is 7.89. The Balaban J connectivity index is 2.61. The predicted octanol–water partition coefficient (Wildman–Crippen LogP) is 2.31. The van der Waals surface area contributed by atoms with E-state index < -0.39 is 10.0 Å². The van der Waals surface area contributed by atoms with Crippen LogP contribution in [0.15, 0.2) is 29.2 Å². The summed E-state index contributed by atoms with van der Waals surface area (Å²) in [6.45, 7) is 7.90. The van der Waals surface area contributed by atoms with Gasteiger partial charge in [-0.2, -0.15) is 0 Å². The molecule has 114 valence electrons. The van der Waals surface area contributed by atoms with Gasteiger partial charge in [0.25, 0.3) is 0 Å². The van der Waals surface area contributed by atoms with Gasteiger partial charge in [0.15, 0.2) is 0 Å². The third-order valence-electron chi connectivity index (χ3n) is 3.22. The zero-order valence-corrected chi connectivity index (χ0v) is 13.5. The minimum atomic E-state index is -3.38. The van der Waals surface area contributed by atoms with Crippen LogP contribution in [0.1, 0.15) is 39.2 Å². The van der Waals surface area contributed by atoms with E-state index in [1.165, 1.54) is 0 Å². The third kappa shape index (κ3) is 5.61. The number of nitrogens with one attached hydrogen (secondary N) is 2. The van der Waals surface area contributed by atoms with Crippen molar-refractivity contribution in [1.29, 1.82) is 0 Å². The van der Waals surface area contributed by atoms with Gasteiger partial charge in [-0.3, -0.25) is 0 Å². The maximum atomic E-state index is 12.1. The topological polar surface area (TPSA) is 58.2 Å². The average Bonchev–Trinajstić information content (AvgIpc) is 2.43. The van der Waals surface area contributed by atoms with Gasteiger partial charge in [0.2, 0.25) is 10.0 Å². The van der Waals surface area contributed by atoms with Crippen molar-refractivity contribution in [1.82, 2.24) is 10.0 Å². The molecule has 5 heteroatoms. The van der Waals surface area contributed by atoms with Crippen LogP contribution in [-0.2, 0) is 16.4 Å².